The van der Waals surface area contributed by atoms with Crippen molar-refractivity contribution in [2.45, 2.75) is 12.1 Å². The Morgan fingerprint density at radius 1 is 1.26 bits per heavy atom. The number of ether oxygens (including phenoxy) is 2. The van der Waals surface area contributed by atoms with Gasteiger partial charge in [0.2, 0.25) is 0 Å². The summed E-state index contributed by atoms with van der Waals surface area (Å²) in [6.45, 7) is 1.56. The van der Waals surface area contributed by atoms with Gasteiger partial charge in [0.05, 0.1) is 39.0 Å². The van der Waals surface area contributed by atoms with Crippen molar-refractivity contribution in [3.05, 3.63) is 0 Å². The molecule has 2 heterocycles. The number of carboxylic acid groups (broad SMARTS) is 1. The number of hydrogen-bond acceptors (Lipinski definition) is 5. The Labute approximate surface area is 110 Å². The van der Waals surface area contributed by atoms with E-state index in [-0.39, 0.29) is 31.8 Å². The highest BCUT2D eigenvalue weighted by Gasteiger charge is 2.34. The lowest BCUT2D eigenvalue weighted by Crippen LogP contribution is -2.58. The summed E-state index contributed by atoms with van der Waals surface area (Å²) in [7, 11) is 0. The number of aliphatic hydroxyl groups excluding tert-OH is 1. The number of nitrogens with zero attached hydrogens (tertiary/aromatic N) is 2. The Hall–Kier alpha value is -1.38. The van der Waals surface area contributed by atoms with Gasteiger partial charge in [0.1, 0.15) is 0 Å². The third-order valence-electron chi connectivity index (χ3n) is 3.30. The molecule has 0 saturated carbocycles. The molecule has 0 aromatic rings. The van der Waals surface area contributed by atoms with Crippen LogP contribution in [0.2, 0.25) is 0 Å². The van der Waals surface area contributed by atoms with Gasteiger partial charge < -0.3 is 29.5 Å². The molecule has 2 N–H and O–H groups in total. The zero-order valence-corrected chi connectivity index (χ0v) is 10.5. The molecule has 0 aliphatic carbocycles. The molecule has 2 saturated heterocycles. The van der Waals surface area contributed by atoms with Crippen LogP contribution in [0.15, 0.2) is 0 Å². The monoisotopic (exact) mass is 274 g/mol. The summed E-state index contributed by atoms with van der Waals surface area (Å²) in [4.78, 5) is 26.2. The van der Waals surface area contributed by atoms with Gasteiger partial charge in [-0.15, -0.1) is 0 Å². The summed E-state index contributed by atoms with van der Waals surface area (Å²) in [5.41, 5.74) is 0. The van der Waals surface area contributed by atoms with Gasteiger partial charge in [-0.1, -0.05) is 0 Å². The maximum absolute atomic E-state index is 12.3. The molecule has 2 aliphatic rings. The second-order valence-corrected chi connectivity index (χ2v) is 4.53. The van der Waals surface area contributed by atoms with E-state index in [1.54, 1.807) is 0 Å². The largest absolute Gasteiger partial charge is 0.479 e. The van der Waals surface area contributed by atoms with Gasteiger partial charge in [0.15, 0.2) is 6.10 Å². The Balaban J connectivity index is 1.99. The fourth-order valence-electron chi connectivity index (χ4n) is 2.21. The average Bonchev–Trinajstić information content (AvgIpc) is 2.46. The third-order valence-corrected chi connectivity index (χ3v) is 3.30. The van der Waals surface area contributed by atoms with Crippen LogP contribution in [0, 0.1) is 0 Å². The summed E-state index contributed by atoms with van der Waals surface area (Å²) in [5.74, 6) is -1.07. The quantitative estimate of drug-likeness (QED) is 0.641. The lowest BCUT2D eigenvalue weighted by Gasteiger charge is -2.40. The smallest absolute Gasteiger partial charge is 0.334 e. The van der Waals surface area contributed by atoms with Crippen molar-refractivity contribution >= 4 is 12.0 Å². The minimum Gasteiger partial charge on any atom is -0.479 e. The molecule has 2 fully saturated rings. The average molecular weight is 274 g/mol. The number of rotatable bonds is 2. The first-order chi connectivity index (χ1) is 9.13. The van der Waals surface area contributed by atoms with Crippen molar-refractivity contribution in [2.75, 3.05) is 46.1 Å². The number of hydrogen-bond donors (Lipinski definition) is 2. The first-order valence-electron chi connectivity index (χ1n) is 6.22. The van der Waals surface area contributed by atoms with Gasteiger partial charge in [0.25, 0.3) is 0 Å². The number of morpholine rings is 2. The highest BCUT2D eigenvalue weighted by Crippen LogP contribution is 2.13. The molecule has 8 nitrogen and oxygen atoms in total. The Morgan fingerprint density at radius 2 is 2.05 bits per heavy atom. The molecule has 2 rings (SSSR count). The minimum absolute atomic E-state index is 0.0314. The second-order valence-electron chi connectivity index (χ2n) is 4.53. The molecule has 108 valence electrons. The number of carboxylic acids is 1. The van der Waals surface area contributed by atoms with E-state index in [1.807, 2.05) is 0 Å². The molecular weight excluding hydrogens is 256 g/mol. The highest BCUT2D eigenvalue weighted by atomic mass is 16.5. The van der Waals surface area contributed by atoms with E-state index < -0.39 is 12.1 Å². The van der Waals surface area contributed by atoms with Crippen molar-refractivity contribution in [3.63, 3.8) is 0 Å². The predicted octanol–water partition coefficient (Wildman–Crippen LogP) is -1.42. The van der Waals surface area contributed by atoms with E-state index in [4.69, 9.17) is 14.6 Å². The van der Waals surface area contributed by atoms with Crippen LogP contribution in [0.3, 0.4) is 0 Å². The van der Waals surface area contributed by atoms with E-state index in [1.165, 1.54) is 9.80 Å². The Kier molecular flexibility index (Phi) is 4.56. The van der Waals surface area contributed by atoms with E-state index in [2.05, 4.69) is 0 Å². The second kappa shape index (κ2) is 6.18. The summed E-state index contributed by atoms with van der Waals surface area (Å²) in [6, 6.07) is -0.635. The zero-order chi connectivity index (χ0) is 13.8. The lowest BCUT2D eigenvalue weighted by molar-refractivity contribution is -0.155. The minimum atomic E-state index is -1.07. The van der Waals surface area contributed by atoms with Crippen LogP contribution in [0.5, 0.6) is 0 Å². The van der Waals surface area contributed by atoms with Crippen LogP contribution in [0.25, 0.3) is 0 Å². The van der Waals surface area contributed by atoms with Crippen LogP contribution in [-0.2, 0) is 14.3 Å². The number of aliphatic carboxylic acids is 1. The number of carbonyl (C=O) groups excluding carboxylic acids is 1. The maximum Gasteiger partial charge on any atom is 0.334 e. The molecule has 0 aromatic heterocycles. The summed E-state index contributed by atoms with van der Waals surface area (Å²) in [6.07, 6.45) is -0.980. The SMILES string of the molecule is O=C(O)C1CN(C(=O)N2CCOCC2CO)CCO1. The van der Waals surface area contributed by atoms with Gasteiger partial charge in [0, 0.05) is 13.1 Å². The fourth-order valence-corrected chi connectivity index (χ4v) is 2.21. The number of urea groups is 1. The van der Waals surface area contributed by atoms with Crippen molar-refractivity contribution in [2.24, 2.45) is 0 Å². The summed E-state index contributed by atoms with van der Waals surface area (Å²) >= 11 is 0. The molecule has 0 radical (unpaired) electrons. The summed E-state index contributed by atoms with van der Waals surface area (Å²) in [5, 5.41) is 18.1. The van der Waals surface area contributed by atoms with Gasteiger partial charge in [-0.05, 0) is 0 Å². The van der Waals surface area contributed by atoms with Crippen LogP contribution in [0.1, 0.15) is 0 Å². The van der Waals surface area contributed by atoms with Gasteiger partial charge in [-0.3, -0.25) is 0 Å². The molecular formula is C11H18N2O6. The van der Waals surface area contributed by atoms with Crippen LogP contribution in [0.4, 0.5) is 4.79 Å². The highest BCUT2D eigenvalue weighted by molar-refractivity contribution is 5.78. The standard InChI is InChI=1S/C11H18N2O6/c14-6-8-7-18-3-2-13(8)11(17)12-1-4-19-9(5-12)10(15)16/h8-9,14H,1-7H2,(H,15,16). The molecule has 0 spiro atoms. The Bertz CT molecular complexity index is 350. The maximum atomic E-state index is 12.3. The number of aliphatic hydroxyl groups is 1. The third kappa shape index (κ3) is 3.14. The first-order valence-corrected chi connectivity index (χ1v) is 6.22. The fraction of sp³-hybridized carbons (Fsp3) is 0.818. The van der Waals surface area contributed by atoms with Crippen LogP contribution >= 0.6 is 0 Å². The van der Waals surface area contributed by atoms with Gasteiger partial charge >= 0.3 is 12.0 Å². The van der Waals surface area contributed by atoms with Crippen molar-refractivity contribution in [1.82, 2.24) is 9.80 Å². The molecule has 0 bridgehead atoms. The lowest BCUT2D eigenvalue weighted by atomic mass is 10.2. The number of amides is 2. The predicted molar refractivity (Wildman–Crippen MR) is 62.7 cm³/mol. The summed E-state index contributed by atoms with van der Waals surface area (Å²) < 4.78 is 10.3. The van der Waals surface area contributed by atoms with Gasteiger partial charge in [-0.2, -0.15) is 0 Å². The Morgan fingerprint density at radius 3 is 2.74 bits per heavy atom. The van der Waals surface area contributed by atoms with Gasteiger partial charge in [-0.25, -0.2) is 9.59 Å². The molecule has 19 heavy (non-hydrogen) atoms. The molecule has 2 aliphatic heterocycles. The topological polar surface area (TPSA) is 99.5 Å². The van der Waals surface area contributed by atoms with E-state index in [0.717, 1.165) is 0 Å². The molecule has 2 atom stereocenters. The molecule has 2 unspecified atom stereocenters. The zero-order valence-electron chi connectivity index (χ0n) is 10.5. The molecule has 2 amide bonds. The van der Waals surface area contributed by atoms with Crippen molar-refractivity contribution < 1.29 is 29.3 Å². The van der Waals surface area contributed by atoms with E-state index in [9.17, 15) is 14.7 Å². The van der Waals surface area contributed by atoms with Crippen molar-refractivity contribution in [1.29, 1.82) is 0 Å². The van der Waals surface area contributed by atoms with E-state index >= 15 is 0 Å². The number of carbonyl (C=O) groups is 2. The van der Waals surface area contributed by atoms with Crippen LogP contribution in [-0.4, -0.2) is 90.2 Å². The molecule has 0 aromatic carbocycles. The first kappa shape index (κ1) is 14.0. The normalized spacial score (nSPS) is 28.3. The molecule has 8 heteroatoms. The van der Waals surface area contributed by atoms with Crippen LogP contribution < -0.4 is 0 Å². The van der Waals surface area contributed by atoms with Crippen molar-refractivity contribution in [3.8, 4) is 0 Å². The van der Waals surface area contributed by atoms with E-state index in [0.29, 0.717) is 26.3 Å².